The molecular weight excluding hydrogens is 268 g/mol. The summed E-state index contributed by atoms with van der Waals surface area (Å²) in [4.78, 5) is 2.25. The topological polar surface area (TPSA) is 28.7 Å². The van der Waals surface area contributed by atoms with Gasteiger partial charge in [-0.25, -0.2) is 0 Å². The van der Waals surface area contributed by atoms with E-state index in [4.69, 9.17) is 12.2 Å². The van der Waals surface area contributed by atoms with Gasteiger partial charge in [-0.15, -0.1) is 23.5 Å². The van der Waals surface area contributed by atoms with Crippen LogP contribution in [0.15, 0.2) is 46.3 Å². The highest BCUT2D eigenvalue weighted by Crippen LogP contribution is 2.31. The lowest BCUT2D eigenvalue weighted by molar-refractivity contribution is 0.927. The van der Waals surface area contributed by atoms with Crippen LogP contribution >= 0.6 is 35.7 Å². The van der Waals surface area contributed by atoms with E-state index in [0.29, 0.717) is 0 Å². The zero-order chi connectivity index (χ0) is 12.1. The predicted octanol–water partition coefficient (Wildman–Crippen LogP) is 4.15. The fourth-order valence-electron chi connectivity index (χ4n) is 1.38. The molecular formula is C12H12N2S3. The van der Waals surface area contributed by atoms with Gasteiger partial charge >= 0.3 is 0 Å². The van der Waals surface area contributed by atoms with Crippen molar-refractivity contribution in [3.05, 3.63) is 46.7 Å². The lowest BCUT2D eigenvalue weighted by Crippen LogP contribution is -1.89. The van der Waals surface area contributed by atoms with E-state index in [-0.39, 0.29) is 0 Å². The van der Waals surface area contributed by atoms with Crippen molar-refractivity contribution < 1.29 is 0 Å². The molecule has 0 spiro atoms. The molecule has 0 bridgehead atoms. The zero-order valence-electron chi connectivity index (χ0n) is 9.34. The lowest BCUT2D eigenvalue weighted by atomic mass is 10.2. The molecule has 1 aromatic carbocycles. The summed E-state index contributed by atoms with van der Waals surface area (Å²) in [6, 6.07) is 10.4. The van der Waals surface area contributed by atoms with Gasteiger partial charge in [-0.2, -0.15) is 5.10 Å². The average molecular weight is 280 g/mol. The minimum Gasteiger partial charge on any atom is -0.267 e. The molecule has 0 aliphatic rings. The highest BCUT2D eigenvalue weighted by Gasteiger charge is 2.05. The van der Waals surface area contributed by atoms with Crippen LogP contribution in [-0.2, 0) is 5.75 Å². The Morgan fingerprint density at radius 3 is 2.76 bits per heavy atom. The molecule has 2 aromatic rings. The van der Waals surface area contributed by atoms with Crippen molar-refractivity contribution in [3.8, 4) is 0 Å². The molecule has 0 aliphatic heterocycles. The van der Waals surface area contributed by atoms with Gasteiger partial charge in [0, 0.05) is 10.6 Å². The van der Waals surface area contributed by atoms with Gasteiger partial charge in [-0.3, -0.25) is 5.10 Å². The molecule has 0 aliphatic carbocycles. The van der Waals surface area contributed by atoms with Crippen LogP contribution in [-0.4, -0.2) is 16.5 Å². The quantitative estimate of drug-likeness (QED) is 0.672. The molecule has 0 radical (unpaired) electrons. The van der Waals surface area contributed by atoms with Crippen molar-refractivity contribution in [1.82, 2.24) is 10.2 Å². The summed E-state index contributed by atoms with van der Waals surface area (Å²) in [5.41, 5.74) is 1.30. The Hall–Kier alpha value is -0.780. The Morgan fingerprint density at radius 2 is 2.06 bits per heavy atom. The maximum atomic E-state index is 5.27. The van der Waals surface area contributed by atoms with E-state index in [1.54, 1.807) is 23.5 Å². The van der Waals surface area contributed by atoms with Crippen molar-refractivity contribution in [1.29, 1.82) is 0 Å². The third-order valence-corrected chi connectivity index (χ3v) is 4.72. The van der Waals surface area contributed by atoms with Crippen LogP contribution in [0.2, 0.25) is 0 Å². The number of thioether (sulfide) groups is 2. The van der Waals surface area contributed by atoms with Crippen LogP contribution < -0.4 is 0 Å². The molecule has 1 heterocycles. The summed E-state index contributed by atoms with van der Waals surface area (Å²) >= 11 is 8.70. The number of aromatic nitrogens is 2. The molecule has 2 nitrogen and oxygen atoms in total. The monoisotopic (exact) mass is 280 g/mol. The molecule has 0 saturated carbocycles. The molecule has 5 heteroatoms. The second-order valence-corrected chi connectivity index (χ2v) is 5.61. The first-order chi connectivity index (χ1) is 8.31. The second-order valence-electron chi connectivity index (χ2n) is 3.37. The Balaban J connectivity index is 2.17. The molecule has 0 saturated heterocycles. The minimum atomic E-state index is 0.720. The van der Waals surface area contributed by atoms with Crippen LogP contribution in [0.4, 0.5) is 0 Å². The van der Waals surface area contributed by atoms with Crippen LogP contribution in [0, 0.1) is 4.64 Å². The maximum absolute atomic E-state index is 5.27. The van der Waals surface area contributed by atoms with Gasteiger partial charge in [0.15, 0.2) is 0 Å². The van der Waals surface area contributed by atoms with Gasteiger partial charge < -0.3 is 0 Å². The summed E-state index contributed by atoms with van der Waals surface area (Å²) in [7, 11) is 0. The lowest BCUT2D eigenvalue weighted by Gasteiger charge is -2.06. The van der Waals surface area contributed by atoms with E-state index in [9.17, 15) is 0 Å². The number of nitrogens with one attached hydrogen (secondary N) is 1. The Morgan fingerprint density at radius 1 is 1.29 bits per heavy atom. The number of nitrogens with zero attached hydrogens (tertiary/aromatic N) is 1. The molecule has 0 amide bonds. The van der Waals surface area contributed by atoms with Crippen molar-refractivity contribution in [2.45, 2.75) is 15.5 Å². The van der Waals surface area contributed by atoms with E-state index in [2.05, 4.69) is 34.5 Å². The standard InChI is InChI=1S/C12H12N2S3/c1-16-10-7-13-14-12(15)11(10)17-8-9-5-3-2-4-6-9/h2-7H,8H2,1H3,(H,14,15). The molecule has 88 valence electrons. The fourth-order valence-corrected chi connectivity index (χ4v) is 3.53. The minimum absolute atomic E-state index is 0.720. The van der Waals surface area contributed by atoms with E-state index in [0.717, 1.165) is 20.2 Å². The summed E-state index contributed by atoms with van der Waals surface area (Å²) in [5.74, 6) is 0.926. The van der Waals surface area contributed by atoms with Crippen molar-refractivity contribution in [3.63, 3.8) is 0 Å². The van der Waals surface area contributed by atoms with Gasteiger partial charge in [-0.05, 0) is 11.8 Å². The van der Waals surface area contributed by atoms with Crippen LogP contribution in [0.3, 0.4) is 0 Å². The molecule has 2 rings (SSSR count). The van der Waals surface area contributed by atoms with E-state index >= 15 is 0 Å². The normalized spacial score (nSPS) is 10.4. The largest absolute Gasteiger partial charge is 0.267 e. The van der Waals surface area contributed by atoms with Crippen molar-refractivity contribution in [2.75, 3.05) is 6.26 Å². The van der Waals surface area contributed by atoms with Crippen LogP contribution in [0.25, 0.3) is 0 Å². The second kappa shape index (κ2) is 6.23. The first-order valence-corrected chi connectivity index (χ1v) is 7.71. The van der Waals surface area contributed by atoms with E-state index in [1.807, 2.05) is 18.5 Å². The Labute approximate surface area is 114 Å². The Bertz CT molecular complexity index is 537. The predicted molar refractivity (Wildman–Crippen MR) is 77.2 cm³/mol. The number of benzene rings is 1. The molecule has 0 fully saturated rings. The van der Waals surface area contributed by atoms with Gasteiger partial charge in [0.2, 0.25) is 0 Å². The smallest absolute Gasteiger partial charge is 0.134 e. The summed E-state index contributed by atoms with van der Waals surface area (Å²) < 4.78 is 0.720. The maximum Gasteiger partial charge on any atom is 0.134 e. The molecule has 1 N–H and O–H groups in total. The number of aromatic amines is 1. The Kier molecular flexibility index (Phi) is 4.65. The van der Waals surface area contributed by atoms with Crippen molar-refractivity contribution >= 4 is 35.7 Å². The van der Waals surface area contributed by atoms with Gasteiger partial charge in [0.1, 0.15) is 4.64 Å². The van der Waals surface area contributed by atoms with Crippen molar-refractivity contribution in [2.24, 2.45) is 0 Å². The zero-order valence-corrected chi connectivity index (χ0v) is 11.8. The third kappa shape index (κ3) is 3.34. The number of hydrogen-bond donors (Lipinski definition) is 1. The highest BCUT2D eigenvalue weighted by molar-refractivity contribution is 8.01. The molecule has 1 aromatic heterocycles. The number of hydrogen-bond acceptors (Lipinski definition) is 4. The van der Waals surface area contributed by atoms with Gasteiger partial charge in [0.05, 0.1) is 11.1 Å². The van der Waals surface area contributed by atoms with Crippen LogP contribution in [0.1, 0.15) is 5.56 Å². The third-order valence-electron chi connectivity index (χ3n) is 2.22. The van der Waals surface area contributed by atoms with Gasteiger partial charge in [-0.1, -0.05) is 42.5 Å². The molecule has 0 unspecified atom stereocenters. The highest BCUT2D eigenvalue weighted by atomic mass is 32.2. The SMILES string of the molecule is CSc1cn[nH]c(=S)c1SCc1ccccc1. The molecule has 17 heavy (non-hydrogen) atoms. The number of rotatable bonds is 4. The van der Waals surface area contributed by atoms with E-state index in [1.165, 1.54) is 5.56 Å². The fraction of sp³-hybridized carbons (Fsp3) is 0.167. The van der Waals surface area contributed by atoms with Gasteiger partial charge in [0.25, 0.3) is 0 Å². The molecule has 0 atom stereocenters. The first-order valence-electron chi connectivity index (χ1n) is 5.09. The summed E-state index contributed by atoms with van der Waals surface area (Å²) in [6.07, 6.45) is 3.87. The summed E-state index contributed by atoms with van der Waals surface area (Å²) in [6.45, 7) is 0. The summed E-state index contributed by atoms with van der Waals surface area (Å²) in [5, 5.41) is 6.85. The van der Waals surface area contributed by atoms with Crippen LogP contribution in [0.5, 0.6) is 0 Å². The average Bonchev–Trinajstić information content (AvgIpc) is 2.38. The number of H-pyrrole nitrogens is 1. The first kappa shape index (κ1) is 12.7. The van der Waals surface area contributed by atoms with E-state index < -0.39 is 0 Å².